The average molecular weight is 1130 g/mol. The SMILES string of the molecule is CO[C@@H]1/C=C/C=C(\C)Cc2cc(C)c(Cl)c(c2)N(C)C(=O)C[C@H](OC(=O)[C@H](C)N(C)C(=O)CCOCCOCCNC(=O)[C@H](CC(N)=O)NC(=O)OCC2c3ccccc3-c3ccccc32)[C@]2(C)OC2[C@H](C)[C@@H]2C[C@]1(O)NC(=O)O2. The molecule has 2 fully saturated rings. The summed E-state index contributed by atoms with van der Waals surface area (Å²) < 4.78 is 40.6. The van der Waals surface area contributed by atoms with Crippen molar-refractivity contribution < 1.29 is 71.8 Å². The Labute approximate surface area is 470 Å². The highest BCUT2D eigenvalue weighted by Gasteiger charge is 2.64. The van der Waals surface area contributed by atoms with Gasteiger partial charge in [-0.2, -0.15) is 0 Å². The number of benzene rings is 3. The molecule has 21 nitrogen and oxygen atoms in total. The number of allylic oxidation sites excluding steroid dienone is 3. The number of fused-ring (bicyclic) bond motifs is 8. The minimum atomic E-state index is -1.87. The van der Waals surface area contributed by atoms with Crippen LogP contribution in [0.1, 0.15) is 81.5 Å². The number of rotatable bonds is 19. The number of halogens is 1. The molecule has 0 saturated carbocycles. The number of alkyl carbamates (subject to hydrolysis) is 2. The number of nitrogens with two attached hydrogens (primary N) is 1. The van der Waals surface area contributed by atoms with E-state index in [4.69, 9.17) is 50.5 Å². The summed E-state index contributed by atoms with van der Waals surface area (Å²) in [7, 11) is 4.45. The molecule has 7 rings (SSSR count). The van der Waals surface area contributed by atoms with Crippen LogP contribution in [0.4, 0.5) is 15.3 Å². The lowest BCUT2D eigenvalue weighted by atomic mass is 9.83. The predicted octanol–water partition coefficient (Wildman–Crippen LogP) is 5.14. The van der Waals surface area contributed by atoms with Gasteiger partial charge in [-0.15, -0.1) is 0 Å². The molecule has 3 aliphatic heterocycles. The van der Waals surface area contributed by atoms with Gasteiger partial charge in [0, 0.05) is 46.0 Å². The number of methoxy groups -OCH3 is 1. The van der Waals surface area contributed by atoms with E-state index in [1.165, 1.54) is 30.9 Å². The summed E-state index contributed by atoms with van der Waals surface area (Å²) in [6.45, 7) is 8.99. The van der Waals surface area contributed by atoms with Crippen molar-refractivity contribution in [3.05, 3.63) is 112 Å². The molecule has 9 atom stereocenters. The van der Waals surface area contributed by atoms with Crippen LogP contribution in [0.3, 0.4) is 0 Å². The summed E-state index contributed by atoms with van der Waals surface area (Å²) in [4.78, 5) is 95.1. The highest BCUT2D eigenvalue weighted by molar-refractivity contribution is 6.34. The quantitative estimate of drug-likeness (QED) is 0.0450. The van der Waals surface area contributed by atoms with E-state index in [2.05, 4.69) is 16.0 Å². The zero-order chi connectivity index (χ0) is 58.1. The highest BCUT2D eigenvalue weighted by atomic mass is 35.5. The molecule has 1 unspecified atom stereocenters. The van der Waals surface area contributed by atoms with Gasteiger partial charge < -0.3 is 64.4 Å². The lowest BCUT2D eigenvalue weighted by molar-refractivity contribution is -0.162. The molecule has 0 aromatic heterocycles. The number of amides is 6. The molecule has 3 heterocycles. The van der Waals surface area contributed by atoms with Crippen molar-refractivity contribution >= 4 is 59.1 Å². The summed E-state index contributed by atoms with van der Waals surface area (Å²) in [6, 6.07) is 17.1. The number of hydrogen-bond donors (Lipinski definition) is 5. The van der Waals surface area contributed by atoms with Gasteiger partial charge in [-0.3, -0.25) is 24.5 Å². The number of carbonyl (C=O) groups is 7. The number of nitrogens with zero attached hydrogens (tertiary/aromatic N) is 2. The summed E-state index contributed by atoms with van der Waals surface area (Å²) in [5.74, 6) is -3.95. The normalized spacial score (nSPS) is 25.4. The second-order valence-corrected chi connectivity index (χ2v) is 21.4. The number of aryl methyl sites for hydroxylation is 1. The van der Waals surface area contributed by atoms with Crippen LogP contribution in [0.5, 0.6) is 0 Å². The topological polar surface area (TPSA) is 276 Å². The number of ether oxygens (including phenoxy) is 7. The summed E-state index contributed by atoms with van der Waals surface area (Å²) in [6.07, 6.45) is -0.796. The number of likely N-dealkylation sites (N-methyl/N-ethyl adjacent to an activating group) is 1. The predicted molar refractivity (Wildman–Crippen MR) is 294 cm³/mol. The molecule has 432 valence electrons. The summed E-state index contributed by atoms with van der Waals surface area (Å²) in [5.41, 5.74) is 9.39. The maximum Gasteiger partial charge on any atom is 0.409 e. The molecule has 0 radical (unpaired) electrons. The maximum atomic E-state index is 14.3. The Morgan fingerprint density at radius 3 is 2.33 bits per heavy atom. The number of epoxide rings is 1. The van der Waals surface area contributed by atoms with Gasteiger partial charge in [0.25, 0.3) is 0 Å². The molecule has 3 aromatic carbocycles. The standard InChI is InChI=1S/C58H73ClN6O15/c1-33-14-13-19-46(74-8)58(73)31-45(78-56(72)63-58)35(3)52-57(5,80-52)47(30-50(68)65(7)44-28-37(26-33)27-34(2)51(44)59)79-54(70)36(4)64(6)49(67)20-22-75-24-25-76-23-21-61-53(69)43(29-48(60)66)62-55(71)77-32-42-40-17-11-9-15-38(40)39-16-10-12-18-41(39)42/h9-19,27-28,35-36,42-43,45-47,52,73H,20-26,29-32H2,1-8H3,(H2,60,66)(H,61,69)(H,62,71)(H,63,72)/b19-13+,33-14+/t35-,36+,43+,45+,46-,47+,52?,57+,58-/m1/s1. The Morgan fingerprint density at radius 1 is 1.00 bits per heavy atom. The van der Waals surface area contributed by atoms with E-state index in [0.29, 0.717) is 17.1 Å². The van der Waals surface area contributed by atoms with Crippen molar-refractivity contribution in [3.63, 3.8) is 0 Å². The van der Waals surface area contributed by atoms with Gasteiger partial charge >= 0.3 is 18.2 Å². The van der Waals surface area contributed by atoms with Crippen LogP contribution in [0.25, 0.3) is 11.1 Å². The van der Waals surface area contributed by atoms with E-state index in [9.17, 15) is 38.7 Å². The molecule has 6 N–H and O–H groups in total. The maximum absolute atomic E-state index is 14.3. The number of primary amides is 1. The van der Waals surface area contributed by atoms with E-state index in [0.717, 1.165) is 39.0 Å². The van der Waals surface area contributed by atoms with Gasteiger partial charge in [0.05, 0.1) is 62.5 Å². The highest BCUT2D eigenvalue weighted by Crippen LogP contribution is 2.49. The monoisotopic (exact) mass is 1130 g/mol. The zero-order valence-electron chi connectivity index (χ0n) is 46.4. The Morgan fingerprint density at radius 2 is 1.66 bits per heavy atom. The Balaban J connectivity index is 0.885. The lowest BCUT2D eigenvalue weighted by Crippen LogP contribution is -2.63. The molecule has 0 spiro atoms. The number of aliphatic hydroxyl groups is 1. The first kappa shape index (κ1) is 60.8. The van der Waals surface area contributed by atoms with E-state index in [1.54, 1.807) is 33.0 Å². The first-order valence-corrected chi connectivity index (χ1v) is 27.0. The lowest BCUT2D eigenvalue weighted by Gasteiger charge is -2.42. The molecule has 4 bridgehead atoms. The van der Waals surface area contributed by atoms with Gasteiger partial charge in [0.15, 0.2) is 5.72 Å². The third-order valence-corrected chi connectivity index (χ3v) is 15.7. The van der Waals surface area contributed by atoms with Crippen molar-refractivity contribution in [3.8, 4) is 11.1 Å². The molecule has 1 aliphatic carbocycles. The minimum Gasteiger partial charge on any atom is -0.457 e. The third kappa shape index (κ3) is 14.5. The van der Waals surface area contributed by atoms with Crippen molar-refractivity contribution in [2.75, 3.05) is 65.7 Å². The molecular formula is C58H73ClN6O15. The third-order valence-electron chi connectivity index (χ3n) is 15.3. The van der Waals surface area contributed by atoms with Crippen LogP contribution in [-0.2, 0) is 63.6 Å². The first-order chi connectivity index (χ1) is 38.0. The summed E-state index contributed by atoms with van der Waals surface area (Å²) in [5, 5.41) is 19.8. The smallest absolute Gasteiger partial charge is 0.409 e. The van der Waals surface area contributed by atoms with Crippen molar-refractivity contribution in [2.24, 2.45) is 11.7 Å². The second kappa shape index (κ2) is 26.6. The minimum absolute atomic E-state index is 0.0109. The fourth-order valence-corrected chi connectivity index (χ4v) is 10.7. The van der Waals surface area contributed by atoms with Gasteiger partial charge in [0.2, 0.25) is 23.6 Å². The van der Waals surface area contributed by atoms with Crippen LogP contribution in [0.2, 0.25) is 5.02 Å². The molecule has 6 amide bonds. The van der Waals surface area contributed by atoms with Crippen LogP contribution in [0, 0.1) is 12.8 Å². The van der Waals surface area contributed by atoms with Gasteiger partial charge in [-0.25, -0.2) is 14.4 Å². The molecule has 80 heavy (non-hydrogen) atoms. The fraction of sp³-hybridized carbons (Fsp3) is 0.500. The number of anilines is 1. The second-order valence-electron chi connectivity index (χ2n) is 21.0. The van der Waals surface area contributed by atoms with Crippen molar-refractivity contribution in [1.29, 1.82) is 0 Å². The average Bonchev–Trinajstić information content (AvgIpc) is 4.26. The van der Waals surface area contributed by atoms with Crippen molar-refractivity contribution in [2.45, 2.75) is 120 Å². The van der Waals surface area contributed by atoms with Crippen LogP contribution < -0.4 is 26.6 Å². The van der Waals surface area contributed by atoms with Crippen LogP contribution in [0.15, 0.2) is 84.5 Å². The van der Waals surface area contributed by atoms with E-state index in [-0.39, 0.29) is 64.8 Å². The Bertz CT molecular complexity index is 2820. The van der Waals surface area contributed by atoms with Gasteiger partial charge in [-0.05, 0) is 73.6 Å². The van der Waals surface area contributed by atoms with Crippen LogP contribution in [-0.4, -0.2) is 160 Å². The number of nitrogens with one attached hydrogen (secondary N) is 3. The molecule has 3 aromatic rings. The first-order valence-electron chi connectivity index (χ1n) is 26.7. The molecule has 2 saturated heterocycles. The number of esters is 1. The van der Waals surface area contributed by atoms with E-state index < -0.39 is 102 Å². The molecule has 22 heteroatoms. The Hall–Kier alpha value is -6.88. The summed E-state index contributed by atoms with van der Waals surface area (Å²) >= 11 is 6.83. The Kier molecular flexibility index (Phi) is 20.2. The van der Waals surface area contributed by atoms with E-state index >= 15 is 0 Å². The number of hydrogen-bond acceptors (Lipinski definition) is 15. The largest absolute Gasteiger partial charge is 0.457 e. The van der Waals surface area contributed by atoms with Gasteiger partial charge in [0.1, 0.15) is 42.6 Å². The molecule has 4 aliphatic rings. The zero-order valence-corrected chi connectivity index (χ0v) is 47.2. The molecular weight excluding hydrogens is 1060 g/mol. The van der Waals surface area contributed by atoms with Gasteiger partial charge in [-0.1, -0.05) is 96.9 Å². The van der Waals surface area contributed by atoms with E-state index in [1.807, 2.05) is 80.6 Å². The number of carbonyl (C=O) groups excluding carboxylic acids is 7. The fourth-order valence-electron chi connectivity index (χ4n) is 10.5. The van der Waals surface area contributed by atoms with Crippen LogP contribution >= 0.6 is 11.6 Å². The van der Waals surface area contributed by atoms with Crippen molar-refractivity contribution in [1.82, 2.24) is 20.9 Å².